The summed E-state index contributed by atoms with van der Waals surface area (Å²) in [5, 5.41) is 2.91. The van der Waals surface area contributed by atoms with Gasteiger partial charge in [-0.3, -0.25) is 0 Å². The predicted molar refractivity (Wildman–Crippen MR) is 111 cm³/mol. The number of hydrogen-bond donors (Lipinski definition) is 1. The number of carbonyl (C=O) groups excluding carboxylic acids is 2. The smallest absolute Gasteiger partial charge is 0.322 e. The van der Waals surface area contributed by atoms with Gasteiger partial charge in [-0.05, 0) is 45.2 Å². The molecule has 0 atom stereocenters. The van der Waals surface area contributed by atoms with E-state index in [4.69, 9.17) is 0 Å². The van der Waals surface area contributed by atoms with E-state index in [0.717, 1.165) is 44.8 Å². The van der Waals surface area contributed by atoms with E-state index in [0.29, 0.717) is 31.9 Å². The number of carbonyl (C=O) groups is 2. The molecular weight excluding hydrogens is 356 g/mol. The van der Waals surface area contributed by atoms with E-state index < -0.39 is 0 Å². The maximum atomic E-state index is 12.6. The molecule has 0 radical (unpaired) electrons. The highest BCUT2D eigenvalue weighted by Crippen LogP contribution is 2.16. The van der Waals surface area contributed by atoms with Gasteiger partial charge in [0.1, 0.15) is 5.82 Å². The first-order valence-electron chi connectivity index (χ1n) is 10.4. The molecule has 1 aromatic heterocycles. The maximum absolute atomic E-state index is 12.6. The van der Waals surface area contributed by atoms with Crippen molar-refractivity contribution in [3.05, 3.63) is 18.3 Å². The van der Waals surface area contributed by atoms with E-state index in [1.807, 2.05) is 21.9 Å². The third-order valence-corrected chi connectivity index (χ3v) is 5.55. The van der Waals surface area contributed by atoms with Crippen LogP contribution in [0.25, 0.3) is 0 Å². The standard InChI is InChI=1S/C20H32N6O2/c1-3-23(4-2)18-9-8-17(16-21-18)22-19(27)24-12-14-26(15-13-24)20(28)25-10-6-5-7-11-25/h8-9,16H,3-7,10-15H2,1-2H3,(H,22,27). The van der Waals surface area contributed by atoms with Crippen molar-refractivity contribution in [2.45, 2.75) is 33.1 Å². The first-order valence-corrected chi connectivity index (χ1v) is 10.4. The summed E-state index contributed by atoms with van der Waals surface area (Å²) < 4.78 is 0. The minimum Gasteiger partial charge on any atom is -0.357 e. The van der Waals surface area contributed by atoms with Crippen molar-refractivity contribution >= 4 is 23.6 Å². The van der Waals surface area contributed by atoms with Crippen molar-refractivity contribution in [3.63, 3.8) is 0 Å². The van der Waals surface area contributed by atoms with E-state index >= 15 is 0 Å². The molecule has 2 saturated heterocycles. The second-order valence-corrected chi connectivity index (χ2v) is 7.31. The summed E-state index contributed by atoms with van der Waals surface area (Å²) in [5.41, 5.74) is 0.688. The van der Waals surface area contributed by atoms with Crippen LogP contribution in [0.4, 0.5) is 21.1 Å². The number of piperidine rings is 1. The number of amides is 4. The average molecular weight is 389 g/mol. The molecule has 4 amide bonds. The van der Waals surface area contributed by atoms with Crippen LogP contribution in [-0.4, -0.2) is 84.1 Å². The van der Waals surface area contributed by atoms with Crippen LogP contribution in [0.15, 0.2) is 18.3 Å². The SMILES string of the molecule is CCN(CC)c1ccc(NC(=O)N2CCN(C(=O)N3CCCCC3)CC2)cn1. The lowest BCUT2D eigenvalue weighted by Crippen LogP contribution is -2.55. The van der Waals surface area contributed by atoms with Crippen molar-refractivity contribution in [1.82, 2.24) is 19.7 Å². The zero-order valence-electron chi connectivity index (χ0n) is 17.1. The molecule has 3 rings (SSSR count). The first-order chi connectivity index (χ1) is 13.6. The summed E-state index contributed by atoms with van der Waals surface area (Å²) in [6, 6.07) is 3.80. The number of aromatic nitrogens is 1. The molecule has 8 nitrogen and oxygen atoms in total. The Morgan fingerprint density at radius 1 is 0.929 bits per heavy atom. The van der Waals surface area contributed by atoms with Crippen molar-refractivity contribution in [1.29, 1.82) is 0 Å². The molecule has 0 aliphatic carbocycles. The minimum absolute atomic E-state index is 0.121. The fourth-order valence-corrected chi connectivity index (χ4v) is 3.78. The highest BCUT2D eigenvalue weighted by Gasteiger charge is 2.27. The van der Waals surface area contributed by atoms with Gasteiger partial charge < -0.3 is 24.9 Å². The van der Waals surface area contributed by atoms with Crippen LogP contribution in [0.3, 0.4) is 0 Å². The number of pyridine rings is 1. The Bertz CT molecular complexity index is 647. The van der Waals surface area contributed by atoms with Gasteiger partial charge >= 0.3 is 12.1 Å². The first kappa shape index (κ1) is 20.2. The molecule has 154 valence electrons. The zero-order chi connectivity index (χ0) is 19.9. The number of likely N-dealkylation sites (tertiary alicyclic amines) is 1. The van der Waals surface area contributed by atoms with Crippen LogP contribution in [0.2, 0.25) is 0 Å². The third kappa shape index (κ3) is 4.85. The Morgan fingerprint density at radius 3 is 2.11 bits per heavy atom. The molecule has 1 N–H and O–H groups in total. The fourth-order valence-electron chi connectivity index (χ4n) is 3.78. The highest BCUT2D eigenvalue weighted by molar-refractivity contribution is 5.89. The summed E-state index contributed by atoms with van der Waals surface area (Å²) in [7, 11) is 0. The maximum Gasteiger partial charge on any atom is 0.322 e. The highest BCUT2D eigenvalue weighted by atomic mass is 16.2. The van der Waals surface area contributed by atoms with Gasteiger partial charge in [-0.1, -0.05) is 0 Å². The van der Waals surface area contributed by atoms with Crippen molar-refractivity contribution in [3.8, 4) is 0 Å². The topological polar surface area (TPSA) is 72.0 Å². The van der Waals surface area contributed by atoms with Crippen molar-refractivity contribution < 1.29 is 9.59 Å². The van der Waals surface area contributed by atoms with Gasteiger partial charge in [-0.15, -0.1) is 0 Å². The minimum atomic E-state index is -0.137. The fraction of sp³-hybridized carbons (Fsp3) is 0.650. The molecule has 0 unspecified atom stereocenters. The predicted octanol–water partition coefficient (Wildman–Crippen LogP) is 2.68. The Hall–Kier alpha value is -2.51. The Kier molecular flexibility index (Phi) is 6.95. The summed E-state index contributed by atoms with van der Waals surface area (Å²) in [4.78, 5) is 37.3. The second kappa shape index (κ2) is 9.61. The monoisotopic (exact) mass is 388 g/mol. The molecule has 2 fully saturated rings. The van der Waals surface area contributed by atoms with Crippen LogP contribution < -0.4 is 10.2 Å². The van der Waals surface area contributed by atoms with Crippen LogP contribution in [0.1, 0.15) is 33.1 Å². The molecule has 2 aliphatic rings. The Labute approximate surface area is 167 Å². The zero-order valence-corrected chi connectivity index (χ0v) is 17.1. The van der Waals surface area contributed by atoms with Gasteiger partial charge in [-0.2, -0.15) is 0 Å². The van der Waals surface area contributed by atoms with E-state index in [9.17, 15) is 9.59 Å². The lowest BCUT2D eigenvalue weighted by molar-refractivity contribution is 0.116. The lowest BCUT2D eigenvalue weighted by Gasteiger charge is -2.38. The molecule has 0 bridgehead atoms. The molecule has 28 heavy (non-hydrogen) atoms. The number of hydrogen-bond acceptors (Lipinski definition) is 4. The van der Waals surface area contributed by atoms with Crippen LogP contribution in [0.5, 0.6) is 0 Å². The lowest BCUT2D eigenvalue weighted by atomic mass is 10.1. The molecule has 0 aromatic carbocycles. The van der Waals surface area contributed by atoms with E-state index in [1.54, 1.807) is 11.1 Å². The van der Waals surface area contributed by atoms with Gasteiger partial charge in [0, 0.05) is 52.4 Å². The summed E-state index contributed by atoms with van der Waals surface area (Å²) >= 11 is 0. The van der Waals surface area contributed by atoms with Crippen LogP contribution in [-0.2, 0) is 0 Å². The van der Waals surface area contributed by atoms with E-state index in [2.05, 4.69) is 29.0 Å². The Balaban J connectivity index is 1.48. The number of nitrogens with zero attached hydrogens (tertiary/aromatic N) is 5. The van der Waals surface area contributed by atoms with Crippen LogP contribution in [0, 0.1) is 0 Å². The normalized spacial score (nSPS) is 17.4. The van der Waals surface area contributed by atoms with Gasteiger partial charge in [0.15, 0.2) is 0 Å². The molecule has 0 saturated carbocycles. The van der Waals surface area contributed by atoms with Gasteiger partial charge in [0.25, 0.3) is 0 Å². The van der Waals surface area contributed by atoms with Crippen molar-refractivity contribution in [2.24, 2.45) is 0 Å². The number of piperazine rings is 1. The molecule has 0 spiro atoms. The molecular formula is C20H32N6O2. The van der Waals surface area contributed by atoms with E-state index in [-0.39, 0.29) is 12.1 Å². The van der Waals surface area contributed by atoms with E-state index in [1.165, 1.54) is 6.42 Å². The van der Waals surface area contributed by atoms with Crippen molar-refractivity contribution in [2.75, 3.05) is 62.6 Å². The summed E-state index contributed by atoms with van der Waals surface area (Å²) in [6.45, 7) is 9.97. The number of anilines is 2. The largest absolute Gasteiger partial charge is 0.357 e. The molecule has 8 heteroatoms. The third-order valence-electron chi connectivity index (χ3n) is 5.55. The second-order valence-electron chi connectivity index (χ2n) is 7.31. The molecule has 3 heterocycles. The summed E-state index contributed by atoms with van der Waals surface area (Å²) in [5.74, 6) is 0.910. The van der Waals surface area contributed by atoms with Gasteiger partial charge in [-0.25, -0.2) is 14.6 Å². The average Bonchev–Trinajstić information content (AvgIpc) is 2.76. The van der Waals surface area contributed by atoms with Gasteiger partial charge in [0.05, 0.1) is 11.9 Å². The van der Waals surface area contributed by atoms with Crippen LogP contribution >= 0.6 is 0 Å². The Morgan fingerprint density at radius 2 is 1.54 bits per heavy atom. The summed E-state index contributed by atoms with van der Waals surface area (Å²) in [6.07, 6.45) is 5.09. The number of nitrogens with one attached hydrogen (secondary N) is 1. The molecule has 2 aliphatic heterocycles. The number of urea groups is 2. The quantitative estimate of drug-likeness (QED) is 0.861. The van der Waals surface area contributed by atoms with Gasteiger partial charge in [0.2, 0.25) is 0 Å². The molecule has 1 aromatic rings. The number of rotatable bonds is 4.